The number of fused-ring (bicyclic) bond motifs is 3. The maximum Gasteiger partial charge on any atom is 0.251 e. The predicted molar refractivity (Wildman–Crippen MR) is 112 cm³/mol. The molecule has 1 N–H and O–H groups in total. The highest BCUT2D eigenvalue weighted by atomic mass is 35.5. The lowest BCUT2D eigenvalue weighted by Crippen LogP contribution is -2.40. The summed E-state index contributed by atoms with van der Waals surface area (Å²) in [6.07, 6.45) is 3.98. The average Bonchev–Trinajstić information content (AvgIpc) is 2.77. The summed E-state index contributed by atoms with van der Waals surface area (Å²) < 4.78 is 11.6. The van der Waals surface area contributed by atoms with E-state index in [9.17, 15) is 4.79 Å². The zero-order valence-electron chi connectivity index (χ0n) is 15.9. The van der Waals surface area contributed by atoms with Crippen molar-refractivity contribution in [1.29, 1.82) is 0 Å². The molecule has 1 atom stereocenters. The van der Waals surface area contributed by atoms with Gasteiger partial charge in [0.2, 0.25) is 0 Å². The molecule has 0 radical (unpaired) electrons. The van der Waals surface area contributed by atoms with Gasteiger partial charge < -0.3 is 14.8 Å². The van der Waals surface area contributed by atoms with Crippen LogP contribution in [0, 0.1) is 0 Å². The van der Waals surface area contributed by atoms with Gasteiger partial charge >= 0.3 is 0 Å². The fourth-order valence-electron chi connectivity index (χ4n) is 3.98. The van der Waals surface area contributed by atoms with Crippen molar-refractivity contribution in [3.63, 3.8) is 0 Å². The van der Waals surface area contributed by atoms with E-state index in [1.807, 2.05) is 36.4 Å². The highest BCUT2D eigenvalue weighted by molar-refractivity contribution is 6.36. The minimum Gasteiger partial charge on any atom is -0.486 e. The molecule has 6 heteroatoms. The number of halogens is 1. The highest BCUT2D eigenvalue weighted by Gasteiger charge is 2.22. The molecule has 0 saturated carbocycles. The Morgan fingerprint density at radius 1 is 1.14 bits per heavy atom. The van der Waals surface area contributed by atoms with E-state index in [0.717, 1.165) is 58.6 Å². The van der Waals surface area contributed by atoms with Crippen molar-refractivity contribution in [2.24, 2.45) is 0 Å². The van der Waals surface area contributed by atoms with Crippen LogP contribution in [0.15, 0.2) is 42.5 Å². The third-order valence-electron chi connectivity index (χ3n) is 5.51. The number of amides is 1. The molecule has 1 unspecified atom stereocenters. The fourth-order valence-corrected chi connectivity index (χ4v) is 4.34. The van der Waals surface area contributed by atoms with Crippen LogP contribution < -0.4 is 14.8 Å². The molecule has 0 spiro atoms. The number of rotatable bonds is 3. The normalized spacial score (nSPS) is 17.6. The Kier molecular flexibility index (Phi) is 4.76. The van der Waals surface area contributed by atoms with Gasteiger partial charge in [0.15, 0.2) is 11.5 Å². The molecule has 1 aromatic heterocycles. The van der Waals surface area contributed by atoms with Gasteiger partial charge in [0, 0.05) is 16.6 Å². The van der Waals surface area contributed by atoms with Gasteiger partial charge in [-0.2, -0.15) is 0 Å². The van der Waals surface area contributed by atoms with Crippen LogP contribution in [0.4, 0.5) is 0 Å². The number of hydrogen-bond donors (Lipinski definition) is 1. The van der Waals surface area contributed by atoms with Crippen molar-refractivity contribution in [2.75, 3.05) is 13.2 Å². The van der Waals surface area contributed by atoms with E-state index >= 15 is 0 Å². The number of carbonyl (C=O) groups excluding carboxylic acids is 1. The van der Waals surface area contributed by atoms with Gasteiger partial charge in [-0.1, -0.05) is 29.8 Å². The molecular weight excluding hydrogens is 388 g/mol. The maximum atomic E-state index is 12.7. The zero-order chi connectivity index (χ0) is 19.8. The second-order valence-electron chi connectivity index (χ2n) is 7.50. The summed E-state index contributed by atoms with van der Waals surface area (Å²) in [7, 11) is 0. The third-order valence-corrected chi connectivity index (χ3v) is 5.94. The van der Waals surface area contributed by atoms with Crippen LogP contribution in [0.5, 0.6) is 11.5 Å². The van der Waals surface area contributed by atoms with Crippen LogP contribution in [0.2, 0.25) is 5.02 Å². The van der Waals surface area contributed by atoms with Gasteiger partial charge in [0.05, 0.1) is 17.1 Å². The van der Waals surface area contributed by atoms with Crippen LogP contribution in [0.1, 0.15) is 34.5 Å². The molecule has 5 rings (SSSR count). The summed E-state index contributed by atoms with van der Waals surface area (Å²) in [6.45, 7) is 0.766. The monoisotopic (exact) mass is 408 g/mol. The number of para-hydroxylation sites is 2. The molecule has 5 nitrogen and oxygen atoms in total. The molecule has 1 aliphatic heterocycles. The quantitative estimate of drug-likeness (QED) is 0.700. The highest BCUT2D eigenvalue weighted by Crippen LogP contribution is 2.33. The number of pyridine rings is 1. The minimum absolute atomic E-state index is 0.162. The first-order chi connectivity index (χ1) is 14.2. The molecule has 3 aromatic rings. The lowest BCUT2D eigenvalue weighted by molar-refractivity contribution is 0.0789. The number of nitrogens with one attached hydrogen (secondary N) is 1. The summed E-state index contributed by atoms with van der Waals surface area (Å²) in [5, 5.41) is 4.62. The van der Waals surface area contributed by atoms with E-state index < -0.39 is 0 Å². The topological polar surface area (TPSA) is 60.5 Å². The number of benzene rings is 2. The number of hydrogen-bond acceptors (Lipinski definition) is 4. The zero-order valence-corrected chi connectivity index (χ0v) is 16.7. The van der Waals surface area contributed by atoms with Crippen molar-refractivity contribution >= 4 is 28.4 Å². The Labute approximate surface area is 174 Å². The molecule has 0 bridgehead atoms. The Hall–Kier alpha value is -2.79. The molecule has 1 aliphatic carbocycles. The molecule has 2 aliphatic rings. The summed E-state index contributed by atoms with van der Waals surface area (Å²) >= 11 is 6.62. The Bertz CT molecular complexity index is 1100. The molecule has 2 aromatic carbocycles. The fraction of sp³-hybridized carbons (Fsp3) is 0.304. The first kappa shape index (κ1) is 18.3. The van der Waals surface area contributed by atoms with Gasteiger partial charge in [-0.25, -0.2) is 0 Å². The number of carbonyl (C=O) groups is 1. The van der Waals surface area contributed by atoms with E-state index in [1.54, 1.807) is 6.07 Å². The SMILES string of the molecule is O=C(NCC1COc2ccccc2O1)c1ccc2c(Cl)c3c(nc2c1)CCCC3. The number of aromatic nitrogens is 1. The van der Waals surface area contributed by atoms with Crippen LogP contribution in [-0.4, -0.2) is 30.1 Å². The smallest absolute Gasteiger partial charge is 0.251 e. The van der Waals surface area contributed by atoms with Crippen molar-refractivity contribution in [3.05, 3.63) is 64.3 Å². The van der Waals surface area contributed by atoms with Gasteiger partial charge in [0.25, 0.3) is 5.91 Å². The molecule has 0 fully saturated rings. The summed E-state index contributed by atoms with van der Waals surface area (Å²) in [6, 6.07) is 13.0. The Balaban J connectivity index is 1.31. The van der Waals surface area contributed by atoms with Gasteiger partial charge in [-0.15, -0.1) is 0 Å². The number of nitrogens with zero attached hydrogens (tertiary/aromatic N) is 1. The van der Waals surface area contributed by atoms with Crippen LogP contribution in [0.3, 0.4) is 0 Å². The van der Waals surface area contributed by atoms with Gasteiger partial charge in [-0.05, 0) is 55.5 Å². The van der Waals surface area contributed by atoms with Crippen LogP contribution in [-0.2, 0) is 12.8 Å². The average molecular weight is 409 g/mol. The second kappa shape index (κ2) is 7.56. The van der Waals surface area contributed by atoms with Crippen molar-refractivity contribution in [3.8, 4) is 11.5 Å². The Morgan fingerprint density at radius 2 is 1.97 bits per heavy atom. The second-order valence-corrected chi connectivity index (χ2v) is 7.88. The van der Waals surface area contributed by atoms with E-state index in [2.05, 4.69) is 5.32 Å². The summed E-state index contributed by atoms with van der Waals surface area (Å²) in [5.41, 5.74) is 3.57. The maximum absolute atomic E-state index is 12.7. The van der Waals surface area contributed by atoms with Crippen molar-refractivity contribution in [1.82, 2.24) is 10.3 Å². The first-order valence-corrected chi connectivity index (χ1v) is 10.3. The minimum atomic E-state index is -0.228. The summed E-state index contributed by atoms with van der Waals surface area (Å²) in [4.78, 5) is 17.5. The number of ether oxygens (including phenoxy) is 2. The van der Waals surface area contributed by atoms with E-state index in [0.29, 0.717) is 24.5 Å². The van der Waals surface area contributed by atoms with E-state index in [1.165, 1.54) is 0 Å². The predicted octanol–water partition coefficient (Wildman–Crippen LogP) is 4.34. The molecule has 1 amide bonds. The van der Waals surface area contributed by atoms with E-state index in [-0.39, 0.29) is 12.0 Å². The van der Waals surface area contributed by atoms with Crippen molar-refractivity contribution < 1.29 is 14.3 Å². The third kappa shape index (κ3) is 3.51. The largest absolute Gasteiger partial charge is 0.486 e. The summed E-state index contributed by atoms with van der Waals surface area (Å²) in [5.74, 6) is 1.27. The molecule has 148 valence electrons. The van der Waals surface area contributed by atoms with Crippen molar-refractivity contribution in [2.45, 2.75) is 31.8 Å². The molecule has 29 heavy (non-hydrogen) atoms. The van der Waals surface area contributed by atoms with E-state index in [4.69, 9.17) is 26.1 Å². The molecular formula is C23H21ClN2O3. The number of aryl methyl sites for hydroxylation is 1. The Morgan fingerprint density at radius 3 is 2.86 bits per heavy atom. The van der Waals surface area contributed by atoms with Crippen LogP contribution >= 0.6 is 11.6 Å². The molecule has 0 saturated heterocycles. The first-order valence-electron chi connectivity index (χ1n) is 9.97. The standard InChI is InChI=1S/C23H21ClN2O3/c24-22-16-5-1-2-6-18(16)26-19-11-14(9-10-17(19)22)23(27)25-12-15-13-28-20-7-3-4-8-21(20)29-15/h3-4,7-11,15H,1-2,5-6,12-13H2,(H,25,27). The lowest BCUT2D eigenvalue weighted by atomic mass is 9.94. The van der Waals surface area contributed by atoms with Gasteiger partial charge in [-0.3, -0.25) is 9.78 Å². The molecule has 2 heterocycles. The van der Waals surface area contributed by atoms with Gasteiger partial charge in [0.1, 0.15) is 12.7 Å². The lowest BCUT2D eigenvalue weighted by Gasteiger charge is -2.26. The van der Waals surface area contributed by atoms with Crippen LogP contribution in [0.25, 0.3) is 10.9 Å².